The second kappa shape index (κ2) is 8.88. The number of hydrogen-bond acceptors (Lipinski definition) is 7. The number of fused-ring (bicyclic) bond motifs is 2. The van der Waals surface area contributed by atoms with Crippen LogP contribution in [-0.2, 0) is 14.2 Å². The minimum Gasteiger partial charge on any atom is -0.444 e. The molecule has 0 unspecified atom stereocenters. The number of carbonyl (C=O) groups excluding carboxylic acids is 1. The largest absolute Gasteiger partial charge is 0.444 e. The number of nitrogens with two attached hydrogens (primary N) is 1. The first-order chi connectivity index (χ1) is 16.3. The van der Waals surface area contributed by atoms with Crippen LogP contribution in [0.25, 0.3) is 11.0 Å². The topological polar surface area (TPSA) is 105 Å². The lowest BCUT2D eigenvalue weighted by Gasteiger charge is -2.37. The highest BCUT2D eigenvalue weighted by molar-refractivity contribution is 14.1. The van der Waals surface area contributed by atoms with Gasteiger partial charge in [0.05, 0.1) is 17.5 Å². The number of rotatable bonds is 2. The second-order valence-electron chi connectivity index (χ2n) is 11.3. The average molecular weight is 618 g/mol. The van der Waals surface area contributed by atoms with E-state index in [9.17, 15) is 4.79 Å². The van der Waals surface area contributed by atoms with E-state index in [0.29, 0.717) is 30.7 Å². The Morgan fingerprint density at radius 2 is 1.89 bits per heavy atom. The molecule has 2 aliphatic heterocycles. The van der Waals surface area contributed by atoms with Gasteiger partial charge >= 0.3 is 6.09 Å². The predicted molar refractivity (Wildman–Crippen MR) is 141 cm³/mol. The molecule has 0 radical (unpaired) electrons. The van der Waals surface area contributed by atoms with Gasteiger partial charge in [-0.1, -0.05) is 0 Å². The number of nitrogens with zero attached hydrogens (tertiary/aromatic N) is 4. The van der Waals surface area contributed by atoms with Gasteiger partial charge in [-0.2, -0.15) is 4.98 Å². The normalized spacial score (nSPS) is 29.1. The van der Waals surface area contributed by atoms with E-state index in [2.05, 4.69) is 43.3 Å². The molecule has 1 aliphatic carbocycles. The van der Waals surface area contributed by atoms with Crippen molar-refractivity contribution in [2.45, 2.75) is 83.5 Å². The van der Waals surface area contributed by atoms with Crippen LogP contribution in [0.4, 0.5) is 10.6 Å². The lowest BCUT2D eigenvalue weighted by Crippen LogP contribution is -2.44. The number of anilines is 1. The van der Waals surface area contributed by atoms with Gasteiger partial charge in [0, 0.05) is 22.9 Å². The maximum Gasteiger partial charge on any atom is 0.410 e. The first kappa shape index (κ1) is 25.3. The quantitative estimate of drug-likeness (QED) is 0.374. The zero-order valence-corrected chi connectivity index (χ0v) is 23.7. The number of amides is 1. The molecule has 0 spiro atoms. The molecule has 192 valence electrons. The fourth-order valence-electron chi connectivity index (χ4n) is 5.92. The molecule has 2 N–H and O–H groups in total. The van der Waals surface area contributed by atoms with Crippen molar-refractivity contribution in [3.05, 3.63) is 15.1 Å². The first-order valence-electron chi connectivity index (χ1n) is 12.2. The lowest BCUT2D eigenvalue weighted by molar-refractivity contribution is -0.163. The SMILES string of the molecule is CC(C)(C)OC(=O)N1CCC([C@H]2C[C@@H](n3cc(I)c4c(N)nc(Cl)nc43)[C@@H]3OC(C)(C)O[C@@H]32)CC1. The van der Waals surface area contributed by atoms with E-state index in [0.717, 1.165) is 33.9 Å². The Hall–Kier alpha value is -1.37. The molecule has 1 amide bonds. The molecule has 0 aromatic carbocycles. The number of ether oxygens (including phenoxy) is 3. The third kappa shape index (κ3) is 4.83. The molecule has 2 saturated heterocycles. The van der Waals surface area contributed by atoms with Gasteiger partial charge < -0.3 is 29.4 Å². The smallest absolute Gasteiger partial charge is 0.410 e. The molecule has 5 rings (SSSR count). The number of nitrogen functional groups attached to an aromatic ring is 1. The molecule has 4 heterocycles. The maximum absolute atomic E-state index is 12.6. The molecule has 4 atom stereocenters. The van der Waals surface area contributed by atoms with Crippen LogP contribution in [-0.4, -0.2) is 62.2 Å². The number of aromatic nitrogens is 3. The van der Waals surface area contributed by atoms with E-state index in [1.165, 1.54) is 0 Å². The van der Waals surface area contributed by atoms with E-state index in [-0.39, 0.29) is 29.6 Å². The van der Waals surface area contributed by atoms with E-state index >= 15 is 0 Å². The van der Waals surface area contributed by atoms with E-state index in [4.69, 9.17) is 31.5 Å². The standard InChI is InChI=1S/C24H33ClIN5O4/c1-23(2,3)35-22(32)30-8-6-12(7-9-30)13-10-15(18-17(13)33-24(4,5)34-18)31-11-14(26)16-19(27)28-21(25)29-20(16)31/h11-13,15,17-18H,6-10H2,1-5H3,(H2,27,28,29)/t13-,15-,17-,18+/m1/s1. The summed E-state index contributed by atoms with van der Waals surface area (Å²) in [5.41, 5.74) is 6.42. The van der Waals surface area contributed by atoms with Crippen LogP contribution in [0.15, 0.2) is 6.20 Å². The van der Waals surface area contributed by atoms with Crippen LogP contribution < -0.4 is 5.73 Å². The highest BCUT2D eigenvalue weighted by Gasteiger charge is 2.56. The Balaban J connectivity index is 1.39. The zero-order chi connectivity index (χ0) is 25.3. The summed E-state index contributed by atoms with van der Waals surface area (Å²) in [7, 11) is 0. The van der Waals surface area contributed by atoms with Crippen molar-refractivity contribution in [1.29, 1.82) is 0 Å². The molecule has 2 aromatic heterocycles. The number of hydrogen-bond donors (Lipinski definition) is 1. The number of carbonyl (C=O) groups is 1. The number of piperidine rings is 1. The Bertz CT molecular complexity index is 1140. The molecule has 9 nitrogen and oxygen atoms in total. The van der Waals surface area contributed by atoms with Gasteiger partial charge in [0.15, 0.2) is 5.79 Å². The molecule has 3 fully saturated rings. The number of halogens is 2. The van der Waals surface area contributed by atoms with Gasteiger partial charge in [-0.15, -0.1) is 0 Å². The van der Waals surface area contributed by atoms with Crippen LogP contribution in [0.1, 0.15) is 59.9 Å². The summed E-state index contributed by atoms with van der Waals surface area (Å²) in [6.45, 7) is 11.0. The van der Waals surface area contributed by atoms with Crippen molar-refractivity contribution in [2.24, 2.45) is 11.8 Å². The number of likely N-dealkylation sites (tertiary alicyclic amines) is 1. The Morgan fingerprint density at radius 1 is 1.23 bits per heavy atom. The van der Waals surface area contributed by atoms with E-state index < -0.39 is 11.4 Å². The van der Waals surface area contributed by atoms with Crippen molar-refractivity contribution < 1.29 is 19.0 Å². The molecular weight excluding hydrogens is 585 g/mol. The van der Waals surface area contributed by atoms with Crippen molar-refractivity contribution >= 4 is 57.1 Å². The molecule has 11 heteroatoms. The molecular formula is C24H33ClIN5O4. The van der Waals surface area contributed by atoms with Crippen molar-refractivity contribution in [3.8, 4) is 0 Å². The highest BCUT2D eigenvalue weighted by atomic mass is 127. The molecule has 0 bridgehead atoms. The van der Waals surface area contributed by atoms with Crippen molar-refractivity contribution in [2.75, 3.05) is 18.8 Å². The second-order valence-corrected chi connectivity index (χ2v) is 12.8. The summed E-state index contributed by atoms with van der Waals surface area (Å²) in [5.74, 6) is 0.448. The van der Waals surface area contributed by atoms with Gasteiger partial charge in [-0.3, -0.25) is 0 Å². The van der Waals surface area contributed by atoms with E-state index in [1.807, 2.05) is 39.5 Å². The fourth-order valence-corrected chi connectivity index (χ4v) is 6.91. The monoisotopic (exact) mass is 617 g/mol. The molecule has 2 aromatic rings. The first-order valence-corrected chi connectivity index (χ1v) is 13.6. The van der Waals surface area contributed by atoms with Gasteiger partial charge in [-0.25, -0.2) is 9.78 Å². The minimum atomic E-state index is -0.661. The van der Waals surface area contributed by atoms with Crippen molar-refractivity contribution in [1.82, 2.24) is 19.4 Å². The van der Waals surface area contributed by atoms with Gasteiger partial charge in [0.1, 0.15) is 23.2 Å². The Kier molecular flexibility index (Phi) is 6.42. The van der Waals surface area contributed by atoms with Gasteiger partial charge in [0.2, 0.25) is 5.28 Å². The molecule has 35 heavy (non-hydrogen) atoms. The Labute approximate surface area is 224 Å². The zero-order valence-electron chi connectivity index (χ0n) is 20.8. The fraction of sp³-hybridized carbons (Fsp3) is 0.708. The minimum absolute atomic E-state index is 0.0298. The van der Waals surface area contributed by atoms with Crippen LogP contribution in [0.3, 0.4) is 0 Å². The summed E-state index contributed by atoms with van der Waals surface area (Å²) in [6, 6.07) is 0.0343. The lowest BCUT2D eigenvalue weighted by atomic mass is 9.82. The third-order valence-corrected chi connectivity index (χ3v) is 8.25. The van der Waals surface area contributed by atoms with Crippen LogP contribution in [0.5, 0.6) is 0 Å². The summed E-state index contributed by atoms with van der Waals surface area (Å²) in [6.07, 6.45) is 4.41. The average Bonchev–Trinajstić information content (AvgIpc) is 3.34. The highest BCUT2D eigenvalue weighted by Crippen LogP contribution is 2.52. The summed E-state index contributed by atoms with van der Waals surface area (Å²) in [5, 5.41) is 0.953. The predicted octanol–water partition coefficient (Wildman–Crippen LogP) is 5.00. The van der Waals surface area contributed by atoms with Gasteiger partial charge in [0.25, 0.3) is 0 Å². The van der Waals surface area contributed by atoms with Crippen molar-refractivity contribution in [3.63, 3.8) is 0 Å². The van der Waals surface area contributed by atoms with Crippen LogP contribution in [0, 0.1) is 15.4 Å². The molecule has 3 aliphatic rings. The molecule has 1 saturated carbocycles. The maximum atomic E-state index is 12.6. The van der Waals surface area contributed by atoms with Gasteiger partial charge in [-0.05, 0) is 99.9 Å². The summed E-state index contributed by atoms with van der Waals surface area (Å²) < 4.78 is 21.6. The Morgan fingerprint density at radius 3 is 2.54 bits per heavy atom. The summed E-state index contributed by atoms with van der Waals surface area (Å²) >= 11 is 8.45. The van der Waals surface area contributed by atoms with Crippen LogP contribution >= 0.6 is 34.2 Å². The van der Waals surface area contributed by atoms with Crippen LogP contribution in [0.2, 0.25) is 5.28 Å². The third-order valence-electron chi connectivity index (χ3n) is 7.26. The van der Waals surface area contributed by atoms with E-state index in [1.54, 1.807) is 0 Å². The summed E-state index contributed by atoms with van der Waals surface area (Å²) in [4.78, 5) is 23.0.